The van der Waals surface area contributed by atoms with Crippen LogP contribution < -0.4 is 5.73 Å². The number of Topliss-reactive ketones (excluding diaryl/α,β-unsaturated/α-hetero) is 1. The maximum atomic E-state index is 11.9. The molecule has 19 heavy (non-hydrogen) atoms. The van der Waals surface area contributed by atoms with Crippen molar-refractivity contribution in [3.05, 3.63) is 35.4 Å². The van der Waals surface area contributed by atoms with E-state index in [0.29, 0.717) is 5.56 Å². The van der Waals surface area contributed by atoms with E-state index in [1.165, 1.54) is 5.56 Å². The molecule has 1 aromatic carbocycles. The van der Waals surface area contributed by atoms with Gasteiger partial charge >= 0.3 is 5.97 Å². The van der Waals surface area contributed by atoms with E-state index in [1.807, 2.05) is 12.1 Å². The number of carbonyl (C=O) groups is 2. The van der Waals surface area contributed by atoms with Gasteiger partial charge in [-0.2, -0.15) is 0 Å². The van der Waals surface area contributed by atoms with Crippen LogP contribution in [-0.2, 0) is 16.0 Å². The Labute approximate surface area is 113 Å². The van der Waals surface area contributed by atoms with Gasteiger partial charge in [0.15, 0.2) is 5.78 Å². The summed E-state index contributed by atoms with van der Waals surface area (Å²) in [4.78, 5) is 23.3. The first kappa shape index (κ1) is 15.4. The average Bonchev–Trinajstić information content (AvgIpc) is 2.40. The normalized spacial score (nSPS) is 11.9. The largest absolute Gasteiger partial charge is 0.465 e. The smallest absolute Gasteiger partial charge is 0.323 e. The Morgan fingerprint density at radius 2 is 1.84 bits per heavy atom. The van der Waals surface area contributed by atoms with Crippen molar-refractivity contribution >= 4 is 11.8 Å². The Morgan fingerprint density at radius 3 is 2.37 bits per heavy atom. The van der Waals surface area contributed by atoms with E-state index in [2.05, 4.69) is 6.92 Å². The van der Waals surface area contributed by atoms with Crippen LogP contribution in [0, 0.1) is 0 Å². The Hall–Kier alpha value is -1.68. The quantitative estimate of drug-likeness (QED) is 0.604. The SMILES string of the molecule is CCCc1ccc(C(=O)CC(N)C(=O)OCC)cc1. The number of esters is 1. The summed E-state index contributed by atoms with van der Waals surface area (Å²) in [7, 11) is 0. The number of nitrogens with two attached hydrogens (primary N) is 1. The summed E-state index contributed by atoms with van der Waals surface area (Å²) in [5.74, 6) is -0.665. The molecule has 0 amide bonds. The number of hydrogen-bond donors (Lipinski definition) is 1. The van der Waals surface area contributed by atoms with Gasteiger partial charge in [0.25, 0.3) is 0 Å². The van der Waals surface area contributed by atoms with Gasteiger partial charge in [0, 0.05) is 12.0 Å². The molecule has 0 saturated carbocycles. The summed E-state index contributed by atoms with van der Waals surface area (Å²) in [6.45, 7) is 4.09. The predicted octanol–water partition coefficient (Wildman–Crippen LogP) is 2.10. The number of benzene rings is 1. The second-order valence-corrected chi connectivity index (χ2v) is 4.43. The van der Waals surface area contributed by atoms with Crippen LogP contribution in [0.5, 0.6) is 0 Å². The van der Waals surface area contributed by atoms with Crippen molar-refractivity contribution in [2.45, 2.75) is 39.2 Å². The number of hydrogen-bond acceptors (Lipinski definition) is 4. The molecular formula is C15H21NO3. The summed E-state index contributed by atoms with van der Waals surface area (Å²) in [6, 6.07) is 6.55. The lowest BCUT2D eigenvalue weighted by Crippen LogP contribution is -2.34. The van der Waals surface area contributed by atoms with Crippen LogP contribution in [0.2, 0.25) is 0 Å². The molecule has 2 N–H and O–H groups in total. The van der Waals surface area contributed by atoms with Gasteiger partial charge in [0.05, 0.1) is 6.61 Å². The summed E-state index contributed by atoms with van der Waals surface area (Å²) in [5, 5.41) is 0. The third-order valence-corrected chi connectivity index (χ3v) is 2.81. The zero-order chi connectivity index (χ0) is 14.3. The van der Waals surface area contributed by atoms with Gasteiger partial charge in [0.2, 0.25) is 0 Å². The lowest BCUT2D eigenvalue weighted by atomic mass is 10.0. The third-order valence-electron chi connectivity index (χ3n) is 2.81. The fraction of sp³-hybridized carbons (Fsp3) is 0.467. The van der Waals surface area contributed by atoms with Crippen molar-refractivity contribution in [2.24, 2.45) is 5.73 Å². The van der Waals surface area contributed by atoms with E-state index in [9.17, 15) is 9.59 Å². The third kappa shape index (κ3) is 4.83. The number of carbonyl (C=O) groups excluding carboxylic acids is 2. The molecule has 1 rings (SSSR count). The van der Waals surface area contributed by atoms with Crippen LogP contribution in [-0.4, -0.2) is 24.4 Å². The van der Waals surface area contributed by atoms with E-state index in [4.69, 9.17) is 10.5 Å². The van der Waals surface area contributed by atoms with Gasteiger partial charge in [-0.3, -0.25) is 9.59 Å². The first-order valence-electron chi connectivity index (χ1n) is 6.62. The van der Waals surface area contributed by atoms with Crippen LogP contribution in [0.3, 0.4) is 0 Å². The highest BCUT2D eigenvalue weighted by molar-refractivity contribution is 5.98. The number of ketones is 1. The fourth-order valence-electron chi connectivity index (χ4n) is 1.80. The topological polar surface area (TPSA) is 69.4 Å². The molecule has 1 atom stereocenters. The molecule has 0 bridgehead atoms. The zero-order valence-electron chi connectivity index (χ0n) is 11.5. The van der Waals surface area contributed by atoms with E-state index < -0.39 is 12.0 Å². The highest BCUT2D eigenvalue weighted by Crippen LogP contribution is 2.10. The predicted molar refractivity (Wildman–Crippen MR) is 74.0 cm³/mol. The Bertz CT molecular complexity index is 426. The first-order valence-corrected chi connectivity index (χ1v) is 6.62. The molecule has 4 nitrogen and oxygen atoms in total. The molecule has 0 aliphatic rings. The maximum absolute atomic E-state index is 11.9. The number of aryl methyl sites for hydroxylation is 1. The van der Waals surface area contributed by atoms with Gasteiger partial charge in [-0.25, -0.2) is 0 Å². The Kier molecular flexibility index (Phi) is 6.22. The van der Waals surface area contributed by atoms with Crippen molar-refractivity contribution in [3.63, 3.8) is 0 Å². The van der Waals surface area contributed by atoms with Crippen LogP contribution in [0.4, 0.5) is 0 Å². The zero-order valence-corrected chi connectivity index (χ0v) is 11.5. The van der Waals surface area contributed by atoms with Crippen molar-refractivity contribution in [1.29, 1.82) is 0 Å². The van der Waals surface area contributed by atoms with Gasteiger partial charge in [0.1, 0.15) is 6.04 Å². The lowest BCUT2D eigenvalue weighted by molar-refractivity contribution is -0.144. The van der Waals surface area contributed by atoms with Crippen LogP contribution in [0.1, 0.15) is 42.6 Å². The Morgan fingerprint density at radius 1 is 1.21 bits per heavy atom. The van der Waals surface area contributed by atoms with Crippen molar-refractivity contribution in [3.8, 4) is 0 Å². The Balaban J connectivity index is 2.60. The van der Waals surface area contributed by atoms with Crippen LogP contribution in [0.25, 0.3) is 0 Å². The van der Waals surface area contributed by atoms with Crippen molar-refractivity contribution < 1.29 is 14.3 Å². The van der Waals surface area contributed by atoms with E-state index in [-0.39, 0.29) is 18.8 Å². The minimum absolute atomic E-state index is 0.0219. The molecular weight excluding hydrogens is 242 g/mol. The molecule has 0 aliphatic carbocycles. The van der Waals surface area contributed by atoms with E-state index in [1.54, 1.807) is 19.1 Å². The lowest BCUT2D eigenvalue weighted by Gasteiger charge is -2.09. The molecule has 0 aromatic heterocycles. The van der Waals surface area contributed by atoms with Crippen molar-refractivity contribution in [1.82, 2.24) is 0 Å². The fourth-order valence-corrected chi connectivity index (χ4v) is 1.80. The summed E-state index contributed by atoms with van der Waals surface area (Å²) >= 11 is 0. The summed E-state index contributed by atoms with van der Waals surface area (Å²) < 4.78 is 4.78. The maximum Gasteiger partial charge on any atom is 0.323 e. The standard InChI is InChI=1S/C15H21NO3/c1-3-5-11-6-8-12(9-7-11)14(17)10-13(16)15(18)19-4-2/h6-9,13H,3-5,10,16H2,1-2H3. The van der Waals surface area contributed by atoms with Crippen molar-refractivity contribution in [2.75, 3.05) is 6.61 Å². The molecule has 1 aromatic rings. The molecule has 4 heteroatoms. The van der Waals surface area contributed by atoms with Gasteiger partial charge < -0.3 is 10.5 Å². The molecule has 1 unspecified atom stereocenters. The highest BCUT2D eigenvalue weighted by atomic mass is 16.5. The molecule has 104 valence electrons. The van der Waals surface area contributed by atoms with Gasteiger partial charge in [-0.1, -0.05) is 37.6 Å². The molecule has 0 fully saturated rings. The molecule has 0 saturated heterocycles. The second kappa shape index (κ2) is 7.69. The molecule has 0 spiro atoms. The molecule has 0 heterocycles. The summed E-state index contributed by atoms with van der Waals surface area (Å²) in [6.07, 6.45) is 2.05. The highest BCUT2D eigenvalue weighted by Gasteiger charge is 2.19. The van der Waals surface area contributed by atoms with E-state index >= 15 is 0 Å². The second-order valence-electron chi connectivity index (χ2n) is 4.43. The minimum atomic E-state index is -0.886. The average molecular weight is 263 g/mol. The summed E-state index contributed by atoms with van der Waals surface area (Å²) in [5.41, 5.74) is 7.41. The molecule has 0 radical (unpaired) electrons. The molecule has 0 aliphatic heterocycles. The van der Waals surface area contributed by atoms with Crippen LogP contribution >= 0.6 is 0 Å². The number of rotatable bonds is 7. The van der Waals surface area contributed by atoms with Crippen LogP contribution in [0.15, 0.2) is 24.3 Å². The van der Waals surface area contributed by atoms with Gasteiger partial charge in [-0.15, -0.1) is 0 Å². The first-order chi connectivity index (χ1) is 9.08. The van der Waals surface area contributed by atoms with Gasteiger partial charge in [-0.05, 0) is 18.9 Å². The van der Waals surface area contributed by atoms with E-state index in [0.717, 1.165) is 12.8 Å². The monoisotopic (exact) mass is 263 g/mol. The minimum Gasteiger partial charge on any atom is -0.465 e. The number of ether oxygens (including phenoxy) is 1.